The van der Waals surface area contributed by atoms with Gasteiger partial charge < -0.3 is 9.64 Å². The topological polar surface area (TPSA) is 67.3 Å². The molecule has 1 aromatic carbocycles. The zero-order chi connectivity index (χ0) is 16.9. The first-order chi connectivity index (χ1) is 11.7. The number of nitrogens with zero attached hydrogens (tertiary/aromatic N) is 3. The lowest BCUT2D eigenvalue weighted by molar-refractivity contribution is -0.143. The normalized spacial score (nSPS) is 16.8. The van der Waals surface area contributed by atoms with Gasteiger partial charge in [0.05, 0.1) is 7.11 Å². The molecule has 0 saturated carbocycles. The van der Waals surface area contributed by atoms with Crippen LogP contribution in [0.5, 0.6) is 0 Å². The molecule has 128 valence electrons. The van der Waals surface area contributed by atoms with E-state index in [4.69, 9.17) is 4.74 Å². The van der Waals surface area contributed by atoms with Crippen molar-refractivity contribution in [2.24, 2.45) is 0 Å². The van der Waals surface area contributed by atoms with Crippen molar-refractivity contribution in [1.29, 1.82) is 0 Å². The number of anilines is 1. The summed E-state index contributed by atoms with van der Waals surface area (Å²) in [7, 11) is 1.43. The van der Waals surface area contributed by atoms with Crippen LogP contribution in [0.4, 0.5) is 5.13 Å². The second-order valence-corrected chi connectivity index (χ2v) is 7.06. The molecule has 1 aliphatic heterocycles. The van der Waals surface area contributed by atoms with Crippen molar-refractivity contribution in [1.82, 2.24) is 15.5 Å². The summed E-state index contributed by atoms with van der Waals surface area (Å²) in [4.78, 5) is 14.4. The van der Waals surface area contributed by atoms with Gasteiger partial charge in [-0.05, 0) is 25.3 Å². The number of aryl methyl sites for hydroxylation is 1. The summed E-state index contributed by atoms with van der Waals surface area (Å²) < 4.78 is 4.97. The van der Waals surface area contributed by atoms with E-state index in [1.165, 1.54) is 7.11 Å². The molecular formula is C17H22N4O2S. The van der Waals surface area contributed by atoms with E-state index in [2.05, 4.69) is 20.4 Å². The molecule has 0 bridgehead atoms. The third-order valence-corrected chi connectivity index (χ3v) is 5.15. The van der Waals surface area contributed by atoms with Gasteiger partial charge in [0.2, 0.25) is 5.13 Å². The molecule has 1 fully saturated rings. The number of nitrogens with one attached hydrogen (secondary N) is 1. The molecule has 2 heterocycles. The highest BCUT2D eigenvalue weighted by Crippen LogP contribution is 2.25. The van der Waals surface area contributed by atoms with Crippen molar-refractivity contribution in [3.63, 3.8) is 0 Å². The van der Waals surface area contributed by atoms with Gasteiger partial charge in [-0.15, -0.1) is 10.2 Å². The number of hydrogen-bond donors (Lipinski definition) is 1. The Morgan fingerprint density at radius 1 is 1.29 bits per heavy atom. The maximum Gasteiger partial charge on any atom is 0.327 e. The van der Waals surface area contributed by atoms with Gasteiger partial charge in [-0.25, -0.2) is 4.79 Å². The summed E-state index contributed by atoms with van der Waals surface area (Å²) in [5, 5.41) is 13.7. The van der Waals surface area contributed by atoms with Gasteiger partial charge in [0.15, 0.2) is 0 Å². The first-order valence-corrected chi connectivity index (χ1v) is 8.93. The highest BCUT2D eigenvalue weighted by molar-refractivity contribution is 7.15. The minimum Gasteiger partial charge on any atom is -0.468 e. The molecule has 0 amide bonds. The summed E-state index contributed by atoms with van der Waals surface area (Å²) in [6.07, 6.45) is 1.91. The Labute approximate surface area is 145 Å². The number of rotatable bonds is 5. The number of hydrogen-bond acceptors (Lipinski definition) is 7. The number of carbonyl (C=O) groups excluding carboxylic acids is 1. The Kier molecular flexibility index (Phi) is 5.42. The smallest absolute Gasteiger partial charge is 0.327 e. The number of aromatic nitrogens is 2. The molecule has 0 radical (unpaired) electrons. The lowest BCUT2D eigenvalue weighted by Crippen LogP contribution is -2.45. The van der Waals surface area contributed by atoms with Gasteiger partial charge in [-0.3, -0.25) is 5.32 Å². The van der Waals surface area contributed by atoms with Crippen LogP contribution in [-0.4, -0.2) is 42.4 Å². The predicted molar refractivity (Wildman–Crippen MR) is 94.2 cm³/mol. The van der Waals surface area contributed by atoms with Crippen LogP contribution in [0.3, 0.4) is 0 Å². The summed E-state index contributed by atoms with van der Waals surface area (Å²) in [6, 6.07) is 9.58. The molecule has 1 N–H and O–H groups in total. The molecule has 7 heteroatoms. The van der Waals surface area contributed by atoms with Gasteiger partial charge in [-0.2, -0.15) is 0 Å². The Balaban J connectivity index is 1.61. The lowest BCUT2D eigenvalue weighted by atomic mass is 10.0. The number of carbonyl (C=O) groups is 1. The zero-order valence-electron chi connectivity index (χ0n) is 13.9. The molecule has 0 aliphatic carbocycles. The Bertz CT molecular complexity index is 668. The van der Waals surface area contributed by atoms with Crippen LogP contribution in [0, 0.1) is 6.92 Å². The summed E-state index contributed by atoms with van der Waals surface area (Å²) in [5.74, 6) is -0.247. The first-order valence-electron chi connectivity index (χ1n) is 8.11. The SMILES string of the molecule is COC(=O)C(NC1CCN(c2nnc(C)s2)CC1)c1ccccc1. The molecule has 24 heavy (non-hydrogen) atoms. The van der Waals surface area contributed by atoms with Gasteiger partial charge in [0.25, 0.3) is 0 Å². The van der Waals surface area contributed by atoms with E-state index < -0.39 is 6.04 Å². The molecule has 0 spiro atoms. The maximum atomic E-state index is 12.2. The lowest BCUT2D eigenvalue weighted by Gasteiger charge is -2.33. The average Bonchev–Trinajstić information content (AvgIpc) is 3.06. The third-order valence-electron chi connectivity index (χ3n) is 4.25. The van der Waals surface area contributed by atoms with Crippen LogP contribution in [0.25, 0.3) is 0 Å². The zero-order valence-corrected chi connectivity index (χ0v) is 14.8. The molecule has 1 aromatic heterocycles. The van der Waals surface area contributed by atoms with Gasteiger partial charge in [0, 0.05) is 19.1 Å². The number of esters is 1. The van der Waals surface area contributed by atoms with E-state index in [1.54, 1.807) is 11.3 Å². The van der Waals surface area contributed by atoms with Crippen LogP contribution in [0.1, 0.15) is 29.5 Å². The Hall–Kier alpha value is -1.99. The van der Waals surface area contributed by atoms with Crippen LogP contribution < -0.4 is 10.2 Å². The largest absolute Gasteiger partial charge is 0.468 e. The van der Waals surface area contributed by atoms with Crippen molar-refractivity contribution in [2.45, 2.75) is 31.8 Å². The van der Waals surface area contributed by atoms with Gasteiger partial charge in [-0.1, -0.05) is 41.7 Å². The quantitative estimate of drug-likeness (QED) is 0.838. The van der Waals surface area contributed by atoms with E-state index in [-0.39, 0.29) is 12.0 Å². The fourth-order valence-electron chi connectivity index (χ4n) is 2.95. The highest BCUT2D eigenvalue weighted by atomic mass is 32.1. The minimum absolute atomic E-state index is 0.247. The maximum absolute atomic E-state index is 12.2. The molecule has 3 rings (SSSR count). The van der Waals surface area contributed by atoms with Crippen molar-refractivity contribution in [3.8, 4) is 0 Å². The van der Waals surface area contributed by atoms with Crippen LogP contribution in [-0.2, 0) is 9.53 Å². The highest BCUT2D eigenvalue weighted by Gasteiger charge is 2.28. The third kappa shape index (κ3) is 3.91. The second kappa shape index (κ2) is 7.72. The van der Waals surface area contributed by atoms with Gasteiger partial charge in [0.1, 0.15) is 11.0 Å². The molecule has 1 atom stereocenters. The van der Waals surface area contributed by atoms with E-state index >= 15 is 0 Å². The average molecular weight is 346 g/mol. The molecule has 2 aromatic rings. The van der Waals surface area contributed by atoms with E-state index in [1.807, 2.05) is 37.3 Å². The predicted octanol–water partition coefficient (Wildman–Crippen LogP) is 2.32. The Morgan fingerprint density at radius 3 is 2.58 bits per heavy atom. The van der Waals surface area contributed by atoms with E-state index in [0.717, 1.165) is 41.6 Å². The van der Waals surface area contributed by atoms with Crippen molar-refractivity contribution in [3.05, 3.63) is 40.9 Å². The fourth-order valence-corrected chi connectivity index (χ4v) is 3.69. The molecule has 6 nitrogen and oxygen atoms in total. The Morgan fingerprint density at radius 2 is 2.00 bits per heavy atom. The van der Waals surface area contributed by atoms with Gasteiger partial charge >= 0.3 is 5.97 Å². The summed E-state index contributed by atoms with van der Waals surface area (Å²) in [6.45, 7) is 3.79. The van der Waals surface area contributed by atoms with Crippen molar-refractivity contribution in [2.75, 3.05) is 25.1 Å². The van der Waals surface area contributed by atoms with Crippen molar-refractivity contribution < 1.29 is 9.53 Å². The number of ether oxygens (including phenoxy) is 1. The van der Waals surface area contributed by atoms with E-state index in [0.29, 0.717) is 0 Å². The van der Waals surface area contributed by atoms with Crippen LogP contribution in [0.2, 0.25) is 0 Å². The standard InChI is InChI=1S/C17H22N4O2S/c1-12-19-20-17(24-12)21-10-8-14(9-11-21)18-15(16(22)23-2)13-6-4-3-5-7-13/h3-7,14-15,18H,8-11H2,1-2H3. The number of piperidine rings is 1. The molecule has 1 unspecified atom stereocenters. The fraction of sp³-hybridized carbons (Fsp3) is 0.471. The summed E-state index contributed by atoms with van der Waals surface area (Å²) >= 11 is 1.62. The second-order valence-electron chi connectivity index (χ2n) is 5.90. The minimum atomic E-state index is -0.420. The molecule has 1 aliphatic rings. The monoisotopic (exact) mass is 346 g/mol. The molecular weight excluding hydrogens is 324 g/mol. The molecule has 1 saturated heterocycles. The number of methoxy groups -OCH3 is 1. The first kappa shape index (κ1) is 16.9. The van der Waals surface area contributed by atoms with Crippen molar-refractivity contribution >= 4 is 22.4 Å². The van der Waals surface area contributed by atoms with Crippen LogP contribution in [0.15, 0.2) is 30.3 Å². The van der Waals surface area contributed by atoms with E-state index in [9.17, 15) is 4.79 Å². The summed E-state index contributed by atoms with van der Waals surface area (Å²) in [5.41, 5.74) is 0.937. The number of benzene rings is 1. The van der Waals surface area contributed by atoms with Crippen LogP contribution >= 0.6 is 11.3 Å².